The van der Waals surface area contributed by atoms with Crippen LogP contribution in [0.1, 0.15) is 18.4 Å². The molecule has 0 atom stereocenters. The monoisotopic (exact) mass is 444 g/mol. The number of carbonyl (C=O) groups is 1. The highest BCUT2D eigenvalue weighted by Crippen LogP contribution is 2.42. The summed E-state index contributed by atoms with van der Waals surface area (Å²) in [6.45, 7) is -0.321. The third kappa shape index (κ3) is 3.04. The molecule has 0 unspecified atom stereocenters. The number of sulfonamides is 1. The number of anilines is 1. The first kappa shape index (κ1) is 19.3. The minimum Gasteiger partial charge on any atom is -0.334 e. The SMILES string of the molecule is O=C(CN1c2cccc3cccc(c23)S1(=O)=O)N(Cc1c(F)cccc1Cl)C1CC1. The van der Waals surface area contributed by atoms with Crippen LogP contribution < -0.4 is 4.31 Å². The van der Waals surface area contributed by atoms with Crippen molar-refractivity contribution in [3.63, 3.8) is 0 Å². The highest BCUT2D eigenvalue weighted by atomic mass is 35.5. The van der Waals surface area contributed by atoms with E-state index in [1.165, 1.54) is 12.1 Å². The van der Waals surface area contributed by atoms with E-state index < -0.39 is 15.8 Å². The third-order valence-electron chi connectivity index (χ3n) is 5.66. The molecule has 1 heterocycles. The second-order valence-corrected chi connectivity index (χ2v) is 9.83. The molecule has 1 fully saturated rings. The van der Waals surface area contributed by atoms with Crippen molar-refractivity contribution in [2.75, 3.05) is 10.8 Å². The number of amides is 1. The molecule has 0 spiro atoms. The van der Waals surface area contributed by atoms with Crippen LogP contribution in [-0.4, -0.2) is 31.8 Å². The van der Waals surface area contributed by atoms with Gasteiger partial charge in [0.2, 0.25) is 5.91 Å². The molecular weight excluding hydrogens is 427 g/mol. The minimum atomic E-state index is -3.84. The Morgan fingerprint density at radius 3 is 2.50 bits per heavy atom. The van der Waals surface area contributed by atoms with Crippen molar-refractivity contribution in [2.24, 2.45) is 0 Å². The minimum absolute atomic E-state index is 0.0139. The molecule has 0 saturated heterocycles. The lowest BCUT2D eigenvalue weighted by atomic mass is 10.1. The Kier molecular flexibility index (Phi) is 4.48. The number of nitrogens with zero attached hydrogens (tertiary/aromatic N) is 2. The van der Waals surface area contributed by atoms with Gasteiger partial charge in [-0.1, -0.05) is 41.9 Å². The maximum Gasteiger partial charge on any atom is 0.265 e. The normalized spacial score (nSPS) is 16.8. The van der Waals surface area contributed by atoms with E-state index in [4.69, 9.17) is 11.6 Å². The van der Waals surface area contributed by atoms with Crippen LogP contribution in [0.2, 0.25) is 5.02 Å². The summed E-state index contributed by atoms with van der Waals surface area (Å²) in [4.78, 5) is 15.0. The molecule has 1 aliphatic heterocycles. The average Bonchev–Trinajstić information content (AvgIpc) is 3.52. The first-order valence-electron chi connectivity index (χ1n) is 9.65. The molecule has 0 aromatic heterocycles. The molecule has 5 nitrogen and oxygen atoms in total. The van der Waals surface area contributed by atoms with Crippen molar-refractivity contribution < 1.29 is 17.6 Å². The number of benzene rings is 3. The van der Waals surface area contributed by atoms with Gasteiger partial charge >= 0.3 is 0 Å². The summed E-state index contributed by atoms with van der Waals surface area (Å²) in [6, 6.07) is 14.8. The topological polar surface area (TPSA) is 57.7 Å². The summed E-state index contributed by atoms with van der Waals surface area (Å²) in [5.74, 6) is -0.850. The second kappa shape index (κ2) is 6.96. The van der Waals surface area contributed by atoms with Crippen LogP contribution in [0.5, 0.6) is 0 Å². The Labute approximate surface area is 178 Å². The molecule has 0 N–H and O–H groups in total. The van der Waals surface area contributed by atoms with Gasteiger partial charge in [0.15, 0.2) is 0 Å². The van der Waals surface area contributed by atoms with Gasteiger partial charge in [0.1, 0.15) is 12.4 Å². The third-order valence-corrected chi connectivity index (χ3v) is 7.81. The van der Waals surface area contributed by atoms with Gasteiger partial charge in [-0.3, -0.25) is 9.10 Å². The highest BCUT2D eigenvalue weighted by Gasteiger charge is 2.40. The fourth-order valence-electron chi connectivity index (χ4n) is 4.00. The molecule has 3 aromatic rings. The van der Waals surface area contributed by atoms with Crippen molar-refractivity contribution in [1.29, 1.82) is 0 Å². The number of hydrogen-bond acceptors (Lipinski definition) is 3. The van der Waals surface area contributed by atoms with Crippen LogP contribution in [0.15, 0.2) is 59.5 Å². The van der Waals surface area contributed by atoms with E-state index in [-0.39, 0.29) is 40.5 Å². The van der Waals surface area contributed by atoms with Gasteiger partial charge in [0, 0.05) is 22.0 Å². The largest absolute Gasteiger partial charge is 0.334 e. The Balaban J connectivity index is 1.48. The summed E-state index contributed by atoms with van der Waals surface area (Å²) in [6.07, 6.45) is 1.61. The predicted molar refractivity (Wildman–Crippen MR) is 113 cm³/mol. The van der Waals surface area contributed by atoms with Crippen LogP contribution in [-0.2, 0) is 21.4 Å². The van der Waals surface area contributed by atoms with Crippen molar-refractivity contribution in [1.82, 2.24) is 4.90 Å². The molecule has 2 aliphatic rings. The molecule has 5 rings (SSSR count). The average molecular weight is 445 g/mol. The zero-order valence-corrected chi connectivity index (χ0v) is 17.5. The van der Waals surface area contributed by atoms with Gasteiger partial charge in [-0.2, -0.15) is 0 Å². The van der Waals surface area contributed by atoms with Crippen LogP contribution in [0, 0.1) is 5.82 Å². The van der Waals surface area contributed by atoms with E-state index in [1.54, 1.807) is 35.2 Å². The second-order valence-electron chi connectivity index (χ2n) is 7.60. The number of halogens is 2. The molecule has 0 radical (unpaired) electrons. The lowest BCUT2D eigenvalue weighted by Gasteiger charge is -2.26. The van der Waals surface area contributed by atoms with Crippen molar-refractivity contribution in [3.8, 4) is 0 Å². The number of hydrogen-bond donors (Lipinski definition) is 0. The summed E-state index contributed by atoms with van der Waals surface area (Å²) in [7, 11) is -3.84. The summed E-state index contributed by atoms with van der Waals surface area (Å²) in [5, 5.41) is 1.68. The van der Waals surface area contributed by atoms with Crippen LogP contribution in [0.3, 0.4) is 0 Å². The van der Waals surface area contributed by atoms with Gasteiger partial charge in [0.05, 0.1) is 17.1 Å². The summed E-state index contributed by atoms with van der Waals surface area (Å²) in [5.41, 5.74) is 0.741. The van der Waals surface area contributed by atoms with Crippen molar-refractivity contribution in [3.05, 3.63) is 71.0 Å². The standard InChI is InChI=1S/C22H18ClFN2O3S/c23-17-6-3-7-18(24)16(17)12-25(15-10-11-15)21(27)13-26-19-8-1-4-14-5-2-9-20(22(14)19)30(26,28)29/h1-9,15H,10-13H2. The Morgan fingerprint density at radius 2 is 1.80 bits per heavy atom. The van der Waals surface area contributed by atoms with E-state index in [0.717, 1.165) is 22.5 Å². The summed E-state index contributed by atoms with van der Waals surface area (Å²) < 4.78 is 41.7. The Morgan fingerprint density at radius 1 is 1.10 bits per heavy atom. The van der Waals surface area contributed by atoms with Gasteiger partial charge in [-0.15, -0.1) is 0 Å². The van der Waals surface area contributed by atoms with Crippen molar-refractivity contribution in [2.45, 2.75) is 30.3 Å². The van der Waals surface area contributed by atoms with Gasteiger partial charge < -0.3 is 4.90 Å². The highest BCUT2D eigenvalue weighted by molar-refractivity contribution is 7.93. The van der Waals surface area contributed by atoms with Crippen LogP contribution >= 0.6 is 11.6 Å². The zero-order valence-electron chi connectivity index (χ0n) is 15.9. The summed E-state index contributed by atoms with van der Waals surface area (Å²) >= 11 is 6.15. The lowest BCUT2D eigenvalue weighted by molar-refractivity contribution is -0.130. The fourth-order valence-corrected chi connectivity index (χ4v) is 5.89. The van der Waals surface area contributed by atoms with E-state index in [0.29, 0.717) is 11.1 Å². The van der Waals surface area contributed by atoms with Crippen LogP contribution in [0.4, 0.5) is 10.1 Å². The van der Waals surface area contributed by atoms with E-state index in [2.05, 4.69) is 0 Å². The molecule has 3 aromatic carbocycles. The van der Waals surface area contributed by atoms with Gasteiger partial charge in [0.25, 0.3) is 10.0 Å². The Bertz CT molecular complexity index is 1270. The molecule has 0 bridgehead atoms. The van der Waals surface area contributed by atoms with Crippen LogP contribution in [0.25, 0.3) is 10.8 Å². The lowest BCUT2D eigenvalue weighted by Crippen LogP contribution is -2.42. The number of carbonyl (C=O) groups excluding carboxylic acids is 1. The number of rotatable bonds is 5. The molecule has 1 aliphatic carbocycles. The predicted octanol–water partition coefficient (Wildman–Crippen LogP) is 4.33. The maximum absolute atomic E-state index is 14.3. The van der Waals surface area contributed by atoms with Crippen molar-refractivity contribution >= 4 is 44.0 Å². The molecule has 154 valence electrons. The first-order valence-corrected chi connectivity index (χ1v) is 11.5. The Hall–Kier alpha value is -2.64. The molecule has 1 saturated carbocycles. The van der Waals surface area contributed by atoms with E-state index >= 15 is 0 Å². The van der Waals surface area contributed by atoms with Gasteiger partial charge in [-0.25, -0.2) is 12.8 Å². The molecule has 8 heteroatoms. The quantitative estimate of drug-likeness (QED) is 0.588. The first-order chi connectivity index (χ1) is 14.4. The van der Waals surface area contributed by atoms with Gasteiger partial charge in [-0.05, 0) is 42.5 Å². The van der Waals surface area contributed by atoms with E-state index in [9.17, 15) is 17.6 Å². The fraction of sp³-hybridized carbons (Fsp3) is 0.227. The molecule has 30 heavy (non-hydrogen) atoms. The maximum atomic E-state index is 14.3. The van der Waals surface area contributed by atoms with E-state index in [1.807, 2.05) is 12.1 Å². The zero-order chi connectivity index (χ0) is 21.0. The molecular formula is C22H18ClFN2O3S. The smallest absolute Gasteiger partial charge is 0.265 e. The molecule has 1 amide bonds.